The number of nitrogens with one attached hydrogen (secondary N) is 2. The number of amides is 1. The molecule has 0 unspecified atom stereocenters. The Morgan fingerprint density at radius 2 is 2.05 bits per heavy atom. The van der Waals surface area contributed by atoms with E-state index in [9.17, 15) is 9.18 Å². The van der Waals surface area contributed by atoms with Crippen LogP contribution in [-0.4, -0.2) is 43.5 Å². The van der Waals surface area contributed by atoms with Gasteiger partial charge in [-0.25, -0.2) is 4.39 Å². The molecule has 1 aromatic rings. The highest BCUT2D eigenvalue weighted by molar-refractivity contribution is 5.92. The van der Waals surface area contributed by atoms with Crippen LogP contribution in [0.3, 0.4) is 0 Å². The third kappa shape index (κ3) is 5.36. The molecule has 0 saturated carbocycles. The van der Waals surface area contributed by atoms with Crippen molar-refractivity contribution in [3.63, 3.8) is 0 Å². The molecule has 0 bridgehead atoms. The molecule has 0 radical (unpaired) electrons. The first kappa shape index (κ1) is 15.6. The Kier molecular flexibility index (Phi) is 5.44. The minimum atomic E-state index is -0.362. The fraction of sp³-hybridized carbons (Fsp3) is 0.500. The number of anilines is 1. The van der Waals surface area contributed by atoms with Crippen molar-refractivity contribution < 1.29 is 9.18 Å². The first-order valence-electron chi connectivity index (χ1n) is 6.25. The molecular weight excluding hydrogens is 245 g/mol. The first-order chi connectivity index (χ1) is 8.81. The Hall–Kier alpha value is -1.46. The molecule has 0 saturated heterocycles. The van der Waals surface area contributed by atoms with Crippen LogP contribution >= 0.6 is 0 Å². The van der Waals surface area contributed by atoms with Crippen LogP contribution in [0.2, 0.25) is 0 Å². The molecule has 0 atom stereocenters. The number of hydrogen-bond acceptors (Lipinski definition) is 3. The molecule has 0 spiro atoms. The molecule has 4 nitrogen and oxygen atoms in total. The fourth-order valence-corrected chi connectivity index (χ4v) is 1.41. The number of carbonyl (C=O) groups is 1. The van der Waals surface area contributed by atoms with E-state index in [4.69, 9.17) is 0 Å². The smallest absolute Gasteiger partial charge is 0.238 e. The standard InChI is InChI=1S/C14H22FN3O/c1-14(2,18(3)4)10-16-9-13(19)17-12-7-5-6-11(15)8-12/h5-8,16H,9-10H2,1-4H3,(H,17,19). The molecule has 106 valence electrons. The average Bonchev–Trinajstić information content (AvgIpc) is 2.28. The third-order valence-electron chi connectivity index (χ3n) is 3.16. The molecule has 1 amide bonds. The monoisotopic (exact) mass is 267 g/mol. The minimum absolute atomic E-state index is 0.0286. The van der Waals surface area contributed by atoms with Crippen LogP contribution in [0, 0.1) is 5.82 Å². The Labute approximate surface area is 114 Å². The van der Waals surface area contributed by atoms with Gasteiger partial charge in [0.1, 0.15) is 5.82 Å². The largest absolute Gasteiger partial charge is 0.325 e. The Bertz CT molecular complexity index is 432. The second kappa shape index (κ2) is 6.63. The normalized spacial score (nSPS) is 11.7. The van der Waals surface area contributed by atoms with Gasteiger partial charge in [0.05, 0.1) is 6.54 Å². The fourth-order valence-electron chi connectivity index (χ4n) is 1.41. The van der Waals surface area contributed by atoms with E-state index in [1.807, 2.05) is 14.1 Å². The molecule has 2 N–H and O–H groups in total. The van der Waals surface area contributed by atoms with Crippen LogP contribution in [0.25, 0.3) is 0 Å². The zero-order valence-electron chi connectivity index (χ0n) is 12.0. The minimum Gasteiger partial charge on any atom is -0.325 e. The van der Waals surface area contributed by atoms with Gasteiger partial charge in [-0.2, -0.15) is 0 Å². The first-order valence-corrected chi connectivity index (χ1v) is 6.25. The Morgan fingerprint density at radius 1 is 1.37 bits per heavy atom. The average molecular weight is 267 g/mol. The van der Waals surface area contributed by atoms with Crippen molar-refractivity contribution in [2.24, 2.45) is 0 Å². The Balaban J connectivity index is 2.37. The van der Waals surface area contributed by atoms with Crippen molar-refractivity contribution in [1.82, 2.24) is 10.2 Å². The van der Waals surface area contributed by atoms with Gasteiger partial charge in [0.2, 0.25) is 5.91 Å². The van der Waals surface area contributed by atoms with Crippen LogP contribution in [-0.2, 0) is 4.79 Å². The lowest BCUT2D eigenvalue weighted by molar-refractivity contribution is -0.115. The highest BCUT2D eigenvalue weighted by Gasteiger charge is 2.19. The van der Waals surface area contributed by atoms with Crippen LogP contribution in [0.5, 0.6) is 0 Å². The molecule has 0 aliphatic carbocycles. The molecule has 0 fully saturated rings. The molecule has 0 heterocycles. The van der Waals surface area contributed by atoms with Gasteiger partial charge in [0.15, 0.2) is 0 Å². The van der Waals surface area contributed by atoms with Crippen LogP contribution < -0.4 is 10.6 Å². The van der Waals surface area contributed by atoms with Gasteiger partial charge in [-0.1, -0.05) is 6.07 Å². The third-order valence-corrected chi connectivity index (χ3v) is 3.16. The number of rotatable bonds is 6. The van der Waals surface area contributed by atoms with Crippen molar-refractivity contribution in [1.29, 1.82) is 0 Å². The SMILES string of the molecule is CN(C)C(C)(C)CNCC(=O)Nc1cccc(F)c1. The van der Waals surface area contributed by atoms with Crippen LogP contribution in [0.15, 0.2) is 24.3 Å². The molecule has 5 heteroatoms. The lowest BCUT2D eigenvalue weighted by Crippen LogP contribution is -2.48. The highest BCUT2D eigenvalue weighted by atomic mass is 19.1. The number of nitrogens with zero attached hydrogens (tertiary/aromatic N) is 1. The van der Waals surface area contributed by atoms with Gasteiger partial charge in [-0.05, 0) is 46.1 Å². The second-order valence-electron chi connectivity index (χ2n) is 5.37. The van der Waals surface area contributed by atoms with Crippen molar-refractivity contribution in [3.8, 4) is 0 Å². The zero-order valence-corrected chi connectivity index (χ0v) is 12.0. The summed E-state index contributed by atoms with van der Waals surface area (Å²) in [5, 5.41) is 5.74. The van der Waals surface area contributed by atoms with E-state index in [2.05, 4.69) is 29.4 Å². The van der Waals surface area contributed by atoms with E-state index in [1.54, 1.807) is 12.1 Å². The maximum Gasteiger partial charge on any atom is 0.238 e. The molecule has 0 aliphatic heterocycles. The molecule has 0 aliphatic rings. The summed E-state index contributed by atoms with van der Waals surface area (Å²) in [6, 6.07) is 5.85. The number of benzene rings is 1. The molecule has 1 rings (SSSR count). The number of halogens is 1. The lowest BCUT2D eigenvalue weighted by atomic mass is 10.0. The van der Waals surface area contributed by atoms with Gasteiger partial charge < -0.3 is 15.5 Å². The van der Waals surface area contributed by atoms with Gasteiger partial charge in [-0.3, -0.25) is 4.79 Å². The van der Waals surface area contributed by atoms with Gasteiger partial charge in [-0.15, -0.1) is 0 Å². The molecule has 1 aromatic carbocycles. The summed E-state index contributed by atoms with van der Waals surface area (Å²) in [6.07, 6.45) is 0. The maximum absolute atomic E-state index is 12.9. The number of likely N-dealkylation sites (N-methyl/N-ethyl adjacent to an activating group) is 1. The summed E-state index contributed by atoms with van der Waals surface area (Å²) in [5.41, 5.74) is 0.442. The van der Waals surface area contributed by atoms with E-state index in [0.29, 0.717) is 12.2 Å². The zero-order chi connectivity index (χ0) is 14.5. The summed E-state index contributed by atoms with van der Waals surface area (Å²) in [6.45, 7) is 5.07. The van der Waals surface area contributed by atoms with E-state index in [-0.39, 0.29) is 23.8 Å². The van der Waals surface area contributed by atoms with E-state index in [0.717, 1.165) is 0 Å². The predicted octanol–water partition coefficient (Wildman–Crippen LogP) is 1.69. The van der Waals surface area contributed by atoms with Crippen molar-refractivity contribution in [3.05, 3.63) is 30.1 Å². The van der Waals surface area contributed by atoms with Gasteiger partial charge in [0.25, 0.3) is 0 Å². The molecule has 19 heavy (non-hydrogen) atoms. The maximum atomic E-state index is 12.9. The number of hydrogen-bond donors (Lipinski definition) is 2. The molecule has 0 aromatic heterocycles. The van der Waals surface area contributed by atoms with Crippen molar-refractivity contribution in [2.75, 3.05) is 32.5 Å². The van der Waals surface area contributed by atoms with Gasteiger partial charge in [0, 0.05) is 17.8 Å². The summed E-state index contributed by atoms with van der Waals surface area (Å²) in [4.78, 5) is 13.8. The summed E-state index contributed by atoms with van der Waals surface area (Å²) in [5.74, 6) is -0.542. The van der Waals surface area contributed by atoms with E-state index < -0.39 is 0 Å². The van der Waals surface area contributed by atoms with Crippen molar-refractivity contribution in [2.45, 2.75) is 19.4 Å². The lowest BCUT2D eigenvalue weighted by Gasteiger charge is -2.32. The number of carbonyl (C=O) groups excluding carboxylic acids is 1. The van der Waals surface area contributed by atoms with Crippen LogP contribution in [0.4, 0.5) is 10.1 Å². The Morgan fingerprint density at radius 3 is 2.63 bits per heavy atom. The summed E-state index contributed by atoms with van der Waals surface area (Å²) in [7, 11) is 3.99. The quantitative estimate of drug-likeness (QED) is 0.824. The summed E-state index contributed by atoms with van der Waals surface area (Å²) >= 11 is 0. The van der Waals surface area contributed by atoms with Crippen molar-refractivity contribution >= 4 is 11.6 Å². The highest BCUT2D eigenvalue weighted by Crippen LogP contribution is 2.09. The predicted molar refractivity (Wildman–Crippen MR) is 75.7 cm³/mol. The topological polar surface area (TPSA) is 44.4 Å². The van der Waals surface area contributed by atoms with Crippen LogP contribution in [0.1, 0.15) is 13.8 Å². The summed E-state index contributed by atoms with van der Waals surface area (Å²) < 4.78 is 12.9. The molecular formula is C14H22FN3O. The second-order valence-corrected chi connectivity index (χ2v) is 5.37. The van der Waals surface area contributed by atoms with E-state index in [1.165, 1.54) is 12.1 Å². The van der Waals surface area contributed by atoms with Gasteiger partial charge >= 0.3 is 0 Å². The van der Waals surface area contributed by atoms with E-state index >= 15 is 0 Å².